The molecule has 1 spiro atoms. The summed E-state index contributed by atoms with van der Waals surface area (Å²) in [4.78, 5) is 30.1. The zero-order valence-corrected chi connectivity index (χ0v) is 17.9. The molecule has 2 heterocycles. The number of aliphatic hydroxyl groups excluding tert-OH is 1. The second-order valence-corrected chi connectivity index (χ2v) is 9.14. The number of alkyl halides is 3. The number of halogens is 4. The first-order valence-electron chi connectivity index (χ1n) is 10.9. The molecule has 176 valence electrons. The second kappa shape index (κ2) is 8.30. The number of anilines is 1. The van der Waals surface area contributed by atoms with Crippen LogP contribution in [0.2, 0.25) is 0 Å². The molecule has 0 radical (unpaired) electrons. The number of likely N-dealkylation sites (tertiary alicyclic amines) is 1. The highest BCUT2D eigenvalue weighted by molar-refractivity contribution is 6.06. The van der Waals surface area contributed by atoms with Crippen LogP contribution in [-0.2, 0) is 15.8 Å². The van der Waals surface area contributed by atoms with E-state index in [4.69, 9.17) is 0 Å². The van der Waals surface area contributed by atoms with E-state index in [1.54, 1.807) is 0 Å². The maximum Gasteiger partial charge on any atom is 0.419 e. The highest BCUT2D eigenvalue weighted by Gasteiger charge is 2.51. The van der Waals surface area contributed by atoms with Crippen LogP contribution in [0.25, 0.3) is 0 Å². The Morgan fingerprint density at radius 3 is 2.50 bits per heavy atom. The van der Waals surface area contributed by atoms with Gasteiger partial charge in [0, 0.05) is 18.8 Å². The van der Waals surface area contributed by atoms with Crippen molar-refractivity contribution in [1.82, 2.24) is 9.80 Å². The van der Waals surface area contributed by atoms with Gasteiger partial charge >= 0.3 is 6.18 Å². The third kappa shape index (κ3) is 4.34. The zero-order chi connectivity index (χ0) is 23.3. The number of hydrogen-bond donors (Lipinski definition) is 1. The van der Waals surface area contributed by atoms with E-state index in [9.17, 15) is 32.3 Å². The number of carbonyl (C=O) groups excluding carboxylic acids is 2. The normalized spacial score (nSPS) is 26.2. The summed E-state index contributed by atoms with van der Waals surface area (Å²) >= 11 is 0. The molecule has 4 rings (SSSR count). The second-order valence-electron chi connectivity index (χ2n) is 9.14. The van der Waals surface area contributed by atoms with Crippen LogP contribution in [0, 0.1) is 11.2 Å². The Bertz CT molecular complexity index is 903. The van der Waals surface area contributed by atoms with Gasteiger partial charge in [-0.2, -0.15) is 13.2 Å². The fourth-order valence-corrected chi connectivity index (χ4v) is 4.85. The lowest BCUT2D eigenvalue weighted by Crippen LogP contribution is -2.59. The first-order chi connectivity index (χ1) is 15.0. The predicted molar refractivity (Wildman–Crippen MR) is 108 cm³/mol. The number of nitrogens with zero attached hydrogens (tertiary/aromatic N) is 3. The predicted octanol–water partition coefficient (Wildman–Crippen LogP) is 2.65. The SMILES string of the molecule is C[C@H]1C(=O)N(CCCN2CCC3(CC3)[C@H](O)C2)CC(=O)N1c1ccc(F)c(C(F)(F)F)c1. The molecular weight excluding hydrogens is 430 g/mol. The smallest absolute Gasteiger partial charge is 0.391 e. The number of aliphatic hydroxyl groups is 1. The van der Waals surface area contributed by atoms with Gasteiger partial charge in [0.05, 0.1) is 11.7 Å². The summed E-state index contributed by atoms with van der Waals surface area (Å²) in [6.07, 6.45) is -1.46. The molecular formula is C22H27F4N3O3. The minimum atomic E-state index is -4.90. The van der Waals surface area contributed by atoms with Crippen molar-refractivity contribution in [3.05, 3.63) is 29.6 Å². The van der Waals surface area contributed by atoms with E-state index in [2.05, 4.69) is 4.90 Å². The van der Waals surface area contributed by atoms with Crippen molar-refractivity contribution in [2.24, 2.45) is 5.41 Å². The Morgan fingerprint density at radius 1 is 1.16 bits per heavy atom. The average Bonchev–Trinajstić information content (AvgIpc) is 3.50. The molecule has 1 saturated carbocycles. The molecule has 0 unspecified atom stereocenters. The first kappa shape index (κ1) is 23.0. The Labute approximate surface area is 183 Å². The van der Waals surface area contributed by atoms with Gasteiger partial charge in [0.15, 0.2) is 0 Å². The first-order valence-corrected chi connectivity index (χ1v) is 10.9. The molecule has 32 heavy (non-hydrogen) atoms. The summed E-state index contributed by atoms with van der Waals surface area (Å²) in [6, 6.07) is 1.32. The summed E-state index contributed by atoms with van der Waals surface area (Å²) < 4.78 is 52.8. The molecule has 1 N–H and O–H groups in total. The minimum absolute atomic E-state index is 0.122. The molecule has 2 aliphatic heterocycles. The number of hydrogen-bond acceptors (Lipinski definition) is 4. The monoisotopic (exact) mass is 457 g/mol. The van der Waals surface area contributed by atoms with Gasteiger partial charge in [-0.05, 0) is 69.3 Å². The van der Waals surface area contributed by atoms with Crippen molar-refractivity contribution in [2.45, 2.75) is 50.9 Å². The Hall–Kier alpha value is -2.20. The van der Waals surface area contributed by atoms with E-state index in [1.165, 1.54) is 11.8 Å². The number of carbonyl (C=O) groups is 2. The Kier molecular flexibility index (Phi) is 5.96. The van der Waals surface area contributed by atoms with E-state index < -0.39 is 29.5 Å². The Balaban J connectivity index is 1.36. The Morgan fingerprint density at radius 2 is 1.88 bits per heavy atom. The van der Waals surface area contributed by atoms with Crippen LogP contribution in [0.5, 0.6) is 0 Å². The van der Waals surface area contributed by atoms with E-state index >= 15 is 0 Å². The number of rotatable bonds is 5. The van der Waals surface area contributed by atoms with Crippen molar-refractivity contribution in [1.29, 1.82) is 0 Å². The molecule has 10 heteroatoms. The molecule has 6 nitrogen and oxygen atoms in total. The highest BCUT2D eigenvalue weighted by Crippen LogP contribution is 2.53. The van der Waals surface area contributed by atoms with Crippen LogP contribution in [0.15, 0.2) is 18.2 Å². The molecule has 1 aromatic carbocycles. The lowest BCUT2D eigenvalue weighted by Gasteiger charge is -2.40. The van der Waals surface area contributed by atoms with Gasteiger partial charge in [0.25, 0.3) is 0 Å². The number of β-amino-alcohol motifs (C(OH)–C–C–N with tert-alkyl or cyclic N) is 1. The van der Waals surface area contributed by atoms with Crippen molar-refractivity contribution in [2.75, 3.05) is 37.6 Å². The lowest BCUT2D eigenvalue weighted by molar-refractivity contribution is -0.141. The molecule has 0 bridgehead atoms. The molecule has 1 aliphatic carbocycles. The van der Waals surface area contributed by atoms with Gasteiger partial charge in [-0.15, -0.1) is 0 Å². The summed E-state index contributed by atoms with van der Waals surface area (Å²) in [5.74, 6) is -2.30. The largest absolute Gasteiger partial charge is 0.419 e. The van der Waals surface area contributed by atoms with Crippen LogP contribution in [-0.4, -0.2) is 71.6 Å². The van der Waals surface area contributed by atoms with Crippen molar-refractivity contribution in [3.8, 4) is 0 Å². The highest BCUT2D eigenvalue weighted by atomic mass is 19.4. The van der Waals surface area contributed by atoms with E-state index in [-0.39, 0.29) is 29.7 Å². The van der Waals surface area contributed by atoms with Crippen molar-refractivity contribution in [3.63, 3.8) is 0 Å². The molecule has 3 fully saturated rings. The molecule has 2 amide bonds. The summed E-state index contributed by atoms with van der Waals surface area (Å²) in [5, 5.41) is 10.3. The van der Waals surface area contributed by atoms with Crippen LogP contribution in [0.4, 0.5) is 23.2 Å². The number of piperazine rings is 1. The standard InChI is InChI=1S/C22H27F4N3O3/c1-14-20(32)28(9-2-8-27-10-7-21(5-6-21)18(30)12-27)13-19(31)29(14)15-3-4-17(23)16(11-15)22(24,25)26/h3-4,11,14,18,30H,2,5-10,12-13H2,1H3/t14-,18+/m0/s1. The fraction of sp³-hybridized carbons (Fsp3) is 0.636. The quantitative estimate of drug-likeness (QED) is 0.691. The van der Waals surface area contributed by atoms with Gasteiger partial charge in [0.2, 0.25) is 11.8 Å². The van der Waals surface area contributed by atoms with Crippen LogP contribution in [0.1, 0.15) is 38.2 Å². The van der Waals surface area contributed by atoms with Gasteiger partial charge < -0.3 is 14.9 Å². The third-order valence-electron chi connectivity index (χ3n) is 7.04. The number of piperidine rings is 1. The molecule has 2 atom stereocenters. The molecule has 3 aliphatic rings. The maximum absolute atomic E-state index is 13.6. The maximum atomic E-state index is 13.6. The zero-order valence-electron chi connectivity index (χ0n) is 17.9. The van der Waals surface area contributed by atoms with E-state index in [0.717, 1.165) is 36.8 Å². The van der Waals surface area contributed by atoms with Gasteiger partial charge in [-0.3, -0.25) is 14.5 Å². The van der Waals surface area contributed by atoms with Crippen LogP contribution < -0.4 is 4.90 Å². The minimum Gasteiger partial charge on any atom is -0.391 e. The fourth-order valence-electron chi connectivity index (χ4n) is 4.85. The van der Waals surface area contributed by atoms with Gasteiger partial charge in [-0.1, -0.05) is 0 Å². The topological polar surface area (TPSA) is 64.1 Å². The summed E-state index contributed by atoms with van der Waals surface area (Å²) in [7, 11) is 0. The summed E-state index contributed by atoms with van der Waals surface area (Å²) in [6.45, 7) is 3.77. The molecule has 1 aromatic rings. The van der Waals surface area contributed by atoms with E-state index in [0.29, 0.717) is 38.2 Å². The number of amides is 2. The average molecular weight is 457 g/mol. The van der Waals surface area contributed by atoms with E-state index in [1.807, 2.05) is 0 Å². The third-order valence-corrected chi connectivity index (χ3v) is 7.04. The molecule has 0 aromatic heterocycles. The van der Waals surface area contributed by atoms with Gasteiger partial charge in [-0.25, -0.2) is 4.39 Å². The van der Waals surface area contributed by atoms with Crippen LogP contribution in [0.3, 0.4) is 0 Å². The van der Waals surface area contributed by atoms with Gasteiger partial charge in [0.1, 0.15) is 18.4 Å². The molecule has 2 saturated heterocycles. The van der Waals surface area contributed by atoms with Crippen LogP contribution >= 0.6 is 0 Å². The van der Waals surface area contributed by atoms with Crippen molar-refractivity contribution < 1.29 is 32.3 Å². The lowest BCUT2D eigenvalue weighted by atomic mass is 9.90. The number of benzene rings is 1. The van der Waals surface area contributed by atoms with Crippen molar-refractivity contribution >= 4 is 17.5 Å². The summed E-state index contributed by atoms with van der Waals surface area (Å²) in [5.41, 5.74) is -1.50.